The van der Waals surface area contributed by atoms with Crippen LogP contribution in [0, 0.1) is 0 Å². The minimum atomic E-state index is -0.129. The molecule has 0 bridgehead atoms. The van der Waals surface area contributed by atoms with Crippen LogP contribution >= 0.6 is 11.8 Å². The molecule has 6 nitrogen and oxygen atoms in total. The molecule has 142 valence electrons. The van der Waals surface area contributed by atoms with Crippen LogP contribution in [-0.4, -0.2) is 46.7 Å². The fraction of sp³-hybridized carbons (Fsp3) is 0.350. The molecule has 1 aliphatic rings. The molecule has 2 heterocycles. The number of hydrogen-bond acceptors (Lipinski definition) is 4. The van der Waals surface area contributed by atoms with Gasteiger partial charge in [0.25, 0.3) is 0 Å². The van der Waals surface area contributed by atoms with Crippen LogP contribution in [0.4, 0.5) is 4.79 Å². The van der Waals surface area contributed by atoms with Gasteiger partial charge < -0.3 is 15.5 Å². The largest absolute Gasteiger partial charge is 0.352 e. The van der Waals surface area contributed by atoms with Crippen molar-refractivity contribution >= 4 is 23.7 Å². The van der Waals surface area contributed by atoms with E-state index in [2.05, 4.69) is 27.8 Å². The monoisotopic (exact) mass is 384 g/mol. The Kier molecular flexibility index (Phi) is 7.10. The summed E-state index contributed by atoms with van der Waals surface area (Å²) < 4.78 is 0. The maximum absolute atomic E-state index is 12.7. The third kappa shape index (κ3) is 6.29. The number of aromatic nitrogens is 1. The van der Waals surface area contributed by atoms with Gasteiger partial charge >= 0.3 is 6.03 Å². The Hall–Kier alpha value is -2.54. The van der Waals surface area contributed by atoms with E-state index in [9.17, 15) is 9.59 Å². The number of carbonyl (C=O) groups is 2. The molecule has 0 radical (unpaired) electrons. The average Bonchev–Trinajstić information content (AvgIpc) is 3.11. The van der Waals surface area contributed by atoms with Crippen molar-refractivity contribution in [2.45, 2.75) is 30.3 Å². The predicted octanol–water partition coefficient (Wildman–Crippen LogP) is 2.66. The van der Waals surface area contributed by atoms with Gasteiger partial charge in [-0.15, -0.1) is 11.8 Å². The van der Waals surface area contributed by atoms with E-state index in [-0.39, 0.29) is 18.0 Å². The van der Waals surface area contributed by atoms with Crippen LogP contribution in [0.15, 0.2) is 59.6 Å². The van der Waals surface area contributed by atoms with E-state index in [0.29, 0.717) is 26.1 Å². The summed E-state index contributed by atoms with van der Waals surface area (Å²) in [7, 11) is 0. The molecule has 2 aromatic rings. The van der Waals surface area contributed by atoms with E-state index < -0.39 is 0 Å². The zero-order valence-corrected chi connectivity index (χ0v) is 16.0. The Morgan fingerprint density at radius 1 is 1.22 bits per heavy atom. The highest BCUT2D eigenvalue weighted by molar-refractivity contribution is 7.99. The fourth-order valence-electron chi connectivity index (χ4n) is 2.94. The van der Waals surface area contributed by atoms with E-state index in [4.69, 9.17) is 0 Å². The van der Waals surface area contributed by atoms with Gasteiger partial charge in [-0.3, -0.25) is 9.78 Å². The van der Waals surface area contributed by atoms with Crippen LogP contribution in [0.5, 0.6) is 0 Å². The smallest absolute Gasteiger partial charge is 0.317 e. The van der Waals surface area contributed by atoms with Crippen molar-refractivity contribution in [1.82, 2.24) is 20.5 Å². The molecule has 1 atom stereocenters. The van der Waals surface area contributed by atoms with Crippen LogP contribution in [0.2, 0.25) is 0 Å². The maximum atomic E-state index is 12.7. The summed E-state index contributed by atoms with van der Waals surface area (Å²) in [5, 5.41) is 5.91. The molecular formula is C20H24N4O2S. The first-order valence-corrected chi connectivity index (χ1v) is 10.1. The highest BCUT2D eigenvalue weighted by atomic mass is 32.2. The predicted molar refractivity (Wildman–Crippen MR) is 106 cm³/mol. The molecule has 0 spiro atoms. The van der Waals surface area contributed by atoms with E-state index in [1.807, 2.05) is 36.4 Å². The summed E-state index contributed by atoms with van der Waals surface area (Å²) in [6.45, 7) is 1.49. The first-order valence-electron chi connectivity index (χ1n) is 9.10. The number of thioether (sulfide) groups is 1. The molecule has 0 aliphatic carbocycles. The number of hydrogen-bond donors (Lipinski definition) is 2. The standard InChI is InChI=1S/C20H24N4O2S/c25-19-10-9-17(23-19)15-24(14-16-6-4-5-11-21-16)20(26)22-12-13-27-18-7-2-1-3-8-18/h1-8,11,17H,9-10,12-15H2,(H,22,26)(H,23,25)/t17-/m0/s1. The van der Waals surface area contributed by atoms with E-state index in [0.717, 1.165) is 17.9 Å². The number of nitrogens with one attached hydrogen (secondary N) is 2. The third-order valence-electron chi connectivity index (χ3n) is 4.28. The minimum absolute atomic E-state index is 0.00524. The van der Waals surface area contributed by atoms with Crippen molar-refractivity contribution in [3.63, 3.8) is 0 Å². The minimum Gasteiger partial charge on any atom is -0.352 e. The molecule has 27 heavy (non-hydrogen) atoms. The van der Waals surface area contributed by atoms with Crippen molar-refractivity contribution in [1.29, 1.82) is 0 Å². The van der Waals surface area contributed by atoms with Crippen LogP contribution in [0.25, 0.3) is 0 Å². The van der Waals surface area contributed by atoms with Gasteiger partial charge in [-0.25, -0.2) is 4.79 Å². The average molecular weight is 385 g/mol. The molecule has 1 saturated heterocycles. The third-order valence-corrected chi connectivity index (χ3v) is 5.30. The summed E-state index contributed by atoms with van der Waals surface area (Å²) in [5.41, 5.74) is 0.829. The van der Waals surface area contributed by atoms with E-state index in [1.54, 1.807) is 22.9 Å². The summed E-state index contributed by atoms with van der Waals surface area (Å²) in [6.07, 6.45) is 3.01. The lowest BCUT2D eigenvalue weighted by Crippen LogP contribution is -2.46. The number of benzene rings is 1. The van der Waals surface area contributed by atoms with Gasteiger partial charge in [-0.1, -0.05) is 24.3 Å². The van der Waals surface area contributed by atoms with Crippen LogP contribution < -0.4 is 10.6 Å². The number of amides is 3. The maximum Gasteiger partial charge on any atom is 0.317 e. The van der Waals surface area contributed by atoms with Crippen molar-refractivity contribution in [2.24, 2.45) is 0 Å². The van der Waals surface area contributed by atoms with Gasteiger partial charge in [0.1, 0.15) is 0 Å². The molecule has 3 amide bonds. The van der Waals surface area contributed by atoms with Crippen LogP contribution in [0.1, 0.15) is 18.5 Å². The topological polar surface area (TPSA) is 74.3 Å². The van der Waals surface area contributed by atoms with Gasteiger partial charge in [0, 0.05) is 42.4 Å². The Labute approximate surface area is 163 Å². The molecule has 1 aromatic carbocycles. The van der Waals surface area contributed by atoms with Crippen molar-refractivity contribution in [3.05, 3.63) is 60.4 Å². The summed E-state index contributed by atoms with van der Waals surface area (Å²) in [5.74, 6) is 0.852. The van der Waals surface area contributed by atoms with Crippen molar-refractivity contribution < 1.29 is 9.59 Å². The highest BCUT2D eigenvalue weighted by Gasteiger charge is 2.25. The number of urea groups is 1. The fourth-order valence-corrected chi connectivity index (χ4v) is 3.73. The van der Waals surface area contributed by atoms with Crippen molar-refractivity contribution in [2.75, 3.05) is 18.8 Å². The molecule has 1 aromatic heterocycles. The second-order valence-electron chi connectivity index (χ2n) is 6.40. The lowest BCUT2D eigenvalue weighted by Gasteiger charge is -2.25. The van der Waals surface area contributed by atoms with Gasteiger partial charge in [0.15, 0.2) is 0 Å². The summed E-state index contributed by atoms with van der Waals surface area (Å²) in [6, 6.07) is 15.7. The lowest BCUT2D eigenvalue weighted by atomic mass is 10.2. The number of nitrogens with zero attached hydrogens (tertiary/aromatic N) is 2. The number of carbonyl (C=O) groups excluding carboxylic acids is 2. The van der Waals surface area contributed by atoms with Crippen molar-refractivity contribution in [3.8, 4) is 0 Å². The van der Waals surface area contributed by atoms with Crippen LogP contribution in [-0.2, 0) is 11.3 Å². The normalized spacial score (nSPS) is 16.0. The summed E-state index contributed by atoms with van der Waals surface area (Å²) >= 11 is 1.71. The van der Waals surface area contributed by atoms with Gasteiger partial charge in [-0.05, 0) is 30.7 Å². The molecule has 0 unspecified atom stereocenters. The summed E-state index contributed by atoms with van der Waals surface area (Å²) in [4.78, 5) is 31.4. The number of pyridine rings is 1. The van der Waals surface area contributed by atoms with E-state index in [1.165, 1.54) is 4.90 Å². The SMILES string of the molecule is O=C1CC[C@@H](CN(Cc2ccccn2)C(=O)NCCSc2ccccc2)N1. The van der Waals surface area contributed by atoms with E-state index >= 15 is 0 Å². The number of rotatable bonds is 8. The second-order valence-corrected chi connectivity index (χ2v) is 7.57. The van der Waals surface area contributed by atoms with Gasteiger partial charge in [0.05, 0.1) is 12.2 Å². The van der Waals surface area contributed by atoms with Gasteiger partial charge in [-0.2, -0.15) is 0 Å². The molecule has 7 heteroatoms. The first-order chi connectivity index (χ1) is 13.2. The Morgan fingerprint density at radius 3 is 2.74 bits per heavy atom. The Bertz CT molecular complexity index is 742. The molecule has 1 aliphatic heterocycles. The molecule has 3 rings (SSSR count). The Balaban J connectivity index is 1.52. The Morgan fingerprint density at radius 2 is 2.04 bits per heavy atom. The molecular weight excluding hydrogens is 360 g/mol. The zero-order chi connectivity index (χ0) is 18.9. The molecule has 1 fully saturated rings. The molecule has 2 N–H and O–H groups in total. The second kappa shape index (κ2) is 9.97. The highest BCUT2D eigenvalue weighted by Crippen LogP contribution is 2.16. The van der Waals surface area contributed by atoms with Gasteiger partial charge in [0.2, 0.25) is 5.91 Å². The molecule has 0 saturated carbocycles. The van der Waals surface area contributed by atoms with Crippen LogP contribution in [0.3, 0.4) is 0 Å². The lowest BCUT2D eigenvalue weighted by molar-refractivity contribution is -0.119. The first kappa shape index (κ1) is 19.2. The quantitative estimate of drug-likeness (QED) is 0.542. The zero-order valence-electron chi connectivity index (χ0n) is 15.1.